The lowest BCUT2D eigenvalue weighted by molar-refractivity contribution is 0.442. The average molecular weight is 568 g/mol. The molecule has 14 heteroatoms. The number of nitrogens with one attached hydrogen (secondary N) is 2. The third-order valence-corrected chi connectivity index (χ3v) is 6.52. The largest absolute Gasteiger partial charge is 0.336 e. The maximum atomic E-state index is 8.55. The highest BCUT2D eigenvalue weighted by Gasteiger charge is 2.16. The highest BCUT2D eigenvalue weighted by molar-refractivity contribution is 8.38. The lowest BCUT2D eigenvalue weighted by atomic mass is 10.3. The summed E-state index contributed by atoms with van der Waals surface area (Å²) in [7, 11) is 0. The highest BCUT2D eigenvalue weighted by atomic mass is 35.5. The van der Waals surface area contributed by atoms with Gasteiger partial charge in [0.2, 0.25) is 12.2 Å². The number of aliphatic imine (C=N–C) groups is 2. The minimum absolute atomic E-state index is 0.481. The summed E-state index contributed by atoms with van der Waals surface area (Å²) in [4.78, 5) is 17.6. The van der Waals surface area contributed by atoms with Crippen LogP contribution >= 0.6 is 46.7 Å². The van der Waals surface area contributed by atoms with Crippen LogP contribution in [-0.2, 0) is 13.1 Å². The van der Waals surface area contributed by atoms with Crippen LogP contribution in [0.4, 0.5) is 0 Å². The number of hydrogen-bond donors (Lipinski definition) is 3. The van der Waals surface area contributed by atoms with Crippen LogP contribution in [0.15, 0.2) is 46.6 Å². The molecular formula is C22H28Cl2N10S2. The van der Waals surface area contributed by atoms with Crippen molar-refractivity contribution in [2.24, 2.45) is 15.7 Å². The molecule has 4 N–H and O–H groups in total. The van der Waals surface area contributed by atoms with Gasteiger partial charge in [0.25, 0.3) is 0 Å². The molecular weight excluding hydrogens is 539 g/mol. The van der Waals surface area contributed by atoms with Gasteiger partial charge in [-0.25, -0.2) is 9.97 Å². The Kier molecular flexibility index (Phi) is 17.1. The van der Waals surface area contributed by atoms with Gasteiger partial charge in [-0.05, 0) is 35.8 Å². The quantitative estimate of drug-likeness (QED) is 0.118. The molecule has 0 fully saturated rings. The molecule has 10 nitrogen and oxygen atoms in total. The Hall–Kier alpha value is -2.58. The SMILES string of the molecule is CSC(=NC#N)SC.N#CNC1=NCCN1Cc1ccc(Cl)nc1.NCCNCc1ccc(Cl)nc1. The number of nitrogens with zero attached hydrogens (tertiary/aromatic N) is 7. The second-order valence-corrected chi connectivity index (χ2v) is 9.32. The summed E-state index contributed by atoms with van der Waals surface area (Å²) in [5, 5.41) is 23.3. The minimum Gasteiger partial charge on any atom is -0.336 e. The van der Waals surface area contributed by atoms with Gasteiger partial charge in [0.1, 0.15) is 14.7 Å². The van der Waals surface area contributed by atoms with Crippen LogP contribution in [0, 0.1) is 22.9 Å². The normalized spacial score (nSPS) is 11.5. The van der Waals surface area contributed by atoms with Gasteiger partial charge in [0.15, 0.2) is 6.19 Å². The van der Waals surface area contributed by atoms with Crippen LogP contribution in [0.2, 0.25) is 10.3 Å². The van der Waals surface area contributed by atoms with Crippen LogP contribution in [0.25, 0.3) is 0 Å². The topological polar surface area (TPSA) is 151 Å². The molecule has 0 spiro atoms. The van der Waals surface area contributed by atoms with E-state index in [1.807, 2.05) is 35.7 Å². The fraction of sp³-hybridized carbons (Fsp3) is 0.364. The molecule has 3 rings (SSSR count). The Morgan fingerprint density at radius 2 is 1.75 bits per heavy atom. The van der Waals surface area contributed by atoms with E-state index < -0.39 is 0 Å². The van der Waals surface area contributed by atoms with E-state index >= 15 is 0 Å². The summed E-state index contributed by atoms with van der Waals surface area (Å²) in [6.45, 7) is 4.47. The van der Waals surface area contributed by atoms with E-state index in [0.717, 1.165) is 35.1 Å². The van der Waals surface area contributed by atoms with E-state index in [-0.39, 0.29) is 0 Å². The number of nitriles is 2. The summed E-state index contributed by atoms with van der Waals surface area (Å²) in [5.74, 6) is 0.623. The number of thioether (sulfide) groups is 2. The first-order valence-electron chi connectivity index (χ1n) is 10.6. The van der Waals surface area contributed by atoms with Crippen molar-refractivity contribution in [3.8, 4) is 12.4 Å². The van der Waals surface area contributed by atoms with E-state index in [2.05, 4.69) is 30.6 Å². The number of rotatable bonds is 6. The van der Waals surface area contributed by atoms with Crippen LogP contribution in [0.5, 0.6) is 0 Å². The van der Waals surface area contributed by atoms with Crippen molar-refractivity contribution in [3.05, 3.63) is 58.1 Å². The number of pyridine rings is 2. The lowest BCUT2D eigenvalue weighted by Gasteiger charge is -2.18. The summed E-state index contributed by atoms with van der Waals surface area (Å²) in [6, 6.07) is 7.39. The van der Waals surface area contributed by atoms with Crippen LogP contribution in [0.3, 0.4) is 0 Å². The first-order chi connectivity index (χ1) is 17.5. The smallest absolute Gasteiger partial charge is 0.207 e. The molecule has 2 aromatic rings. The Bertz CT molecular complexity index is 1030. The lowest BCUT2D eigenvalue weighted by Crippen LogP contribution is -2.35. The van der Waals surface area contributed by atoms with Crippen molar-refractivity contribution in [2.45, 2.75) is 13.1 Å². The Morgan fingerprint density at radius 1 is 1.11 bits per heavy atom. The van der Waals surface area contributed by atoms with E-state index in [9.17, 15) is 0 Å². The second-order valence-electron chi connectivity index (χ2n) is 6.69. The Morgan fingerprint density at radius 3 is 2.22 bits per heavy atom. The highest BCUT2D eigenvalue weighted by Crippen LogP contribution is 2.10. The molecule has 0 saturated heterocycles. The first kappa shape index (κ1) is 31.4. The zero-order chi connectivity index (χ0) is 26.6. The van der Waals surface area contributed by atoms with Gasteiger partial charge in [-0.2, -0.15) is 15.5 Å². The second kappa shape index (κ2) is 19.6. The van der Waals surface area contributed by atoms with E-state index in [0.29, 0.717) is 35.9 Å². The molecule has 3 heterocycles. The van der Waals surface area contributed by atoms with Gasteiger partial charge in [-0.1, -0.05) is 35.3 Å². The van der Waals surface area contributed by atoms with Gasteiger partial charge in [-0.3, -0.25) is 10.3 Å². The Labute approximate surface area is 230 Å². The van der Waals surface area contributed by atoms with Crippen molar-refractivity contribution in [2.75, 3.05) is 38.7 Å². The molecule has 0 radical (unpaired) electrons. The zero-order valence-electron chi connectivity index (χ0n) is 20.0. The number of halogens is 2. The van der Waals surface area contributed by atoms with Crippen molar-refractivity contribution >= 4 is 57.1 Å². The molecule has 0 saturated carbocycles. The summed E-state index contributed by atoms with van der Waals surface area (Å²) >= 11 is 14.3. The first-order valence-corrected chi connectivity index (χ1v) is 13.8. The van der Waals surface area contributed by atoms with E-state index in [1.165, 1.54) is 23.5 Å². The predicted octanol–water partition coefficient (Wildman–Crippen LogP) is 3.31. The van der Waals surface area contributed by atoms with Gasteiger partial charge in [-0.15, -0.1) is 23.5 Å². The van der Waals surface area contributed by atoms with Gasteiger partial charge in [0, 0.05) is 45.1 Å². The number of guanidine groups is 1. The fourth-order valence-corrected chi connectivity index (χ4v) is 3.74. The van der Waals surface area contributed by atoms with Crippen molar-refractivity contribution in [1.82, 2.24) is 25.5 Å². The maximum Gasteiger partial charge on any atom is 0.207 e. The number of nitrogens with two attached hydrogens (primary N) is 1. The monoisotopic (exact) mass is 566 g/mol. The molecule has 0 aliphatic carbocycles. The van der Waals surface area contributed by atoms with Crippen molar-refractivity contribution < 1.29 is 0 Å². The molecule has 1 aliphatic heterocycles. The maximum absolute atomic E-state index is 8.55. The molecule has 0 amide bonds. The molecule has 36 heavy (non-hydrogen) atoms. The minimum atomic E-state index is 0.481. The van der Waals surface area contributed by atoms with Crippen molar-refractivity contribution in [1.29, 1.82) is 10.5 Å². The van der Waals surface area contributed by atoms with Gasteiger partial charge >= 0.3 is 0 Å². The zero-order valence-corrected chi connectivity index (χ0v) is 23.1. The van der Waals surface area contributed by atoms with Crippen LogP contribution in [0.1, 0.15) is 11.1 Å². The summed E-state index contributed by atoms with van der Waals surface area (Å²) in [6.07, 6.45) is 10.9. The van der Waals surface area contributed by atoms with E-state index in [1.54, 1.807) is 30.7 Å². The molecule has 1 aliphatic rings. The van der Waals surface area contributed by atoms with Crippen LogP contribution in [-0.4, -0.2) is 63.9 Å². The van der Waals surface area contributed by atoms with Crippen molar-refractivity contribution in [3.63, 3.8) is 0 Å². The van der Waals surface area contributed by atoms with Gasteiger partial charge < -0.3 is 16.0 Å². The fourth-order valence-electron chi connectivity index (χ4n) is 2.59. The molecule has 0 atom stereocenters. The predicted molar refractivity (Wildman–Crippen MR) is 151 cm³/mol. The van der Waals surface area contributed by atoms with E-state index in [4.69, 9.17) is 39.5 Å². The number of aromatic nitrogens is 2. The molecule has 0 bridgehead atoms. The third kappa shape index (κ3) is 13.5. The van der Waals surface area contributed by atoms with Gasteiger partial charge in [0.05, 0.1) is 6.54 Å². The molecule has 192 valence electrons. The average Bonchev–Trinajstić information content (AvgIpc) is 3.33. The third-order valence-electron chi connectivity index (χ3n) is 4.19. The van der Waals surface area contributed by atoms with Crippen LogP contribution < -0.4 is 16.4 Å². The summed E-state index contributed by atoms with van der Waals surface area (Å²) < 4.78 is 0.813. The molecule has 0 aromatic carbocycles. The molecule has 2 aromatic heterocycles. The Balaban J connectivity index is 0.000000288. The number of hydrogen-bond acceptors (Lipinski definition) is 12. The summed E-state index contributed by atoms with van der Waals surface area (Å²) in [5.41, 5.74) is 7.48. The standard InChI is InChI=1S/C10H10ClN5.C8H12ClN3.C4H6N2S2/c11-9-2-1-8(5-14-9)6-16-4-3-13-10(16)15-7-12;9-8-2-1-7(6-12-8)5-11-4-3-10;1-7-4(8-2)6-3-5/h1-2,5H,3-4,6H2,(H,13,15);1-2,6,11H,3-5,10H2;1-2H3. The molecule has 0 unspecified atom stereocenters.